The van der Waals surface area contributed by atoms with Crippen LogP contribution in [0.3, 0.4) is 0 Å². The zero-order valence-corrected chi connectivity index (χ0v) is 10.8. The summed E-state index contributed by atoms with van der Waals surface area (Å²) in [7, 11) is 0. The molecule has 0 aromatic rings. The maximum atomic E-state index is 11.7. The third-order valence-electron chi connectivity index (χ3n) is 5.06. The summed E-state index contributed by atoms with van der Waals surface area (Å²) in [6, 6.07) is 0. The van der Waals surface area contributed by atoms with Crippen molar-refractivity contribution in [2.75, 3.05) is 0 Å². The van der Waals surface area contributed by atoms with Gasteiger partial charge in [-0.2, -0.15) is 0 Å². The van der Waals surface area contributed by atoms with Crippen molar-refractivity contribution in [1.29, 1.82) is 0 Å². The minimum atomic E-state index is -0.0897. The lowest BCUT2D eigenvalue weighted by Crippen LogP contribution is -2.44. The molecule has 0 bridgehead atoms. The molecule has 3 aliphatic rings. The Morgan fingerprint density at radius 3 is 2.89 bits per heavy atom. The number of hydrogen-bond donors (Lipinski definition) is 0. The van der Waals surface area contributed by atoms with Crippen LogP contribution in [0.15, 0.2) is 24.3 Å². The number of rotatable bonds is 0. The molecule has 2 fully saturated rings. The monoisotopic (exact) mass is 246 g/mol. The number of carbonyl (C=O) groups excluding carboxylic acids is 2. The summed E-state index contributed by atoms with van der Waals surface area (Å²) in [5.41, 5.74) is 0.612. The first kappa shape index (κ1) is 11.7. The molecule has 1 saturated carbocycles. The maximum Gasteiger partial charge on any atom is 0.309 e. The first-order chi connectivity index (χ1) is 8.42. The summed E-state index contributed by atoms with van der Waals surface area (Å²) in [6.07, 6.45) is 5.27. The van der Waals surface area contributed by atoms with Crippen LogP contribution >= 0.6 is 0 Å². The molecule has 0 aromatic heterocycles. The molecular weight excluding hydrogens is 228 g/mol. The van der Waals surface area contributed by atoms with E-state index >= 15 is 0 Å². The van der Waals surface area contributed by atoms with E-state index < -0.39 is 0 Å². The zero-order valence-electron chi connectivity index (χ0n) is 10.8. The number of ketones is 1. The van der Waals surface area contributed by atoms with E-state index in [0.717, 1.165) is 12.8 Å². The molecule has 0 unspecified atom stereocenters. The van der Waals surface area contributed by atoms with E-state index in [4.69, 9.17) is 4.74 Å². The predicted molar refractivity (Wildman–Crippen MR) is 66.7 cm³/mol. The van der Waals surface area contributed by atoms with Gasteiger partial charge in [-0.1, -0.05) is 26.5 Å². The van der Waals surface area contributed by atoms with Gasteiger partial charge in [-0.25, -0.2) is 0 Å². The van der Waals surface area contributed by atoms with Crippen molar-refractivity contribution in [3.63, 3.8) is 0 Å². The van der Waals surface area contributed by atoms with Crippen LogP contribution in [-0.4, -0.2) is 17.9 Å². The smallest absolute Gasteiger partial charge is 0.309 e. The number of hydrogen-bond acceptors (Lipinski definition) is 3. The third kappa shape index (κ3) is 1.43. The van der Waals surface area contributed by atoms with Crippen LogP contribution in [0.2, 0.25) is 0 Å². The Kier molecular flexibility index (Phi) is 2.31. The van der Waals surface area contributed by atoms with Gasteiger partial charge in [0.15, 0.2) is 5.78 Å². The highest BCUT2D eigenvalue weighted by Gasteiger charge is 2.53. The number of fused-ring (bicyclic) bond motifs is 2. The Labute approximate surface area is 107 Å². The van der Waals surface area contributed by atoms with Crippen LogP contribution in [0.5, 0.6) is 0 Å². The molecule has 3 heteroatoms. The van der Waals surface area contributed by atoms with Gasteiger partial charge in [0.2, 0.25) is 0 Å². The van der Waals surface area contributed by atoms with Gasteiger partial charge < -0.3 is 4.74 Å². The van der Waals surface area contributed by atoms with Gasteiger partial charge >= 0.3 is 5.97 Å². The second kappa shape index (κ2) is 3.56. The lowest BCUT2D eigenvalue weighted by atomic mass is 9.57. The minimum Gasteiger partial charge on any atom is -0.462 e. The second-order valence-corrected chi connectivity index (χ2v) is 6.15. The van der Waals surface area contributed by atoms with Crippen molar-refractivity contribution in [2.45, 2.75) is 32.8 Å². The molecule has 0 amide bonds. The van der Waals surface area contributed by atoms with Crippen LogP contribution < -0.4 is 0 Å². The molecule has 96 valence electrons. The summed E-state index contributed by atoms with van der Waals surface area (Å²) in [5.74, 6) is 0.301. The number of esters is 1. The van der Waals surface area contributed by atoms with Gasteiger partial charge in [-0.15, -0.1) is 0 Å². The van der Waals surface area contributed by atoms with Crippen molar-refractivity contribution in [2.24, 2.45) is 23.2 Å². The molecule has 3 rings (SSSR count). The normalized spacial score (nSPS) is 46.7. The van der Waals surface area contributed by atoms with Gasteiger partial charge in [0.05, 0.1) is 5.92 Å². The van der Waals surface area contributed by atoms with Crippen molar-refractivity contribution < 1.29 is 14.3 Å². The Bertz CT molecular complexity index is 476. The quantitative estimate of drug-likeness (QED) is 0.486. The third-order valence-corrected chi connectivity index (χ3v) is 5.06. The number of allylic oxidation sites excluding steroid dienone is 3. The molecule has 1 heterocycles. The molecular formula is C15H18O3. The molecule has 0 aromatic carbocycles. The topological polar surface area (TPSA) is 43.4 Å². The van der Waals surface area contributed by atoms with Gasteiger partial charge in [-0.3, -0.25) is 9.59 Å². The Balaban J connectivity index is 1.96. The van der Waals surface area contributed by atoms with E-state index in [1.165, 1.54) is 0 Å². The zero-order chi connectivity index (χ0) is 13.1. The number of ether oxygens (including phenoxy) is 1. The lowest BCUT2D eigenvalue weighted by Gasteiger charge is -2.46. The number of carbonyl (C=O) groups is 2. The Morgan fingerprint density at radius 1 is 1.44 bits per heavy atom. The van der Waals surface area contributed by atoms with E-state index in [0.29, 0.717) is 5.57 Å². The first-order valence-electron chi connectivity index (χ1n) is 6.55. The lowest BCUT2D eigenvalue weighted by molar-refractivity contribution is -0.145. The highest BCUT2D eigenvalue weighted by Crippen LogP contribution is 2.54. The first-order valence-corrected chi connectivity index (χ1v) is 6.55. The molecule has 1 aliphatic heterocycles. The Hall–Kier alpha value is -1.38. The van der Waals surface area contributed by atoms with Gasteiger partial charge in [0, 0.05) is 5.92 Å². The summed E-state index contributed by atoms with van der Waals surface area (Å²) >= 11 is 0. The van der Waals surface area contributed by atoms with Crippen LogP contribution in [0.25, 0.3) is 0 Å². The van der Waals surface area contributed by atoms with Crippen LogP contribution in [-0.2, 0) is 14.3 Å². The van der Waals surface area contributed by atoms with Crippen LogP contribution in [0.1, 0.15) is 26.7 Å². The fourth-order valence-corrected chi connectivity index (χ4v) is 3.78. The van der Waals surface area contributed by atoms with Gasteiger partial charge in [0.1, 0.15) is 6.10 Å². The fourth-order valence-electron chi connectivity index (χ4n) is 3.78. The molecule has 3 nitrogen and oxygen atoms in total. The SMILES string of the molecule is C=C1C(=O)C=C[C@]2(C)C[C@H]3OC(=O)[C@@H](C)[C@H]3C[C@@H]12. The molecule has 0 spiro atoms. The van der Waals surface area contributed by atoms with Crippen molar-refractivity contribution in [3.05, 3.63) is 24.3 Å². The summed E-state index contributed by atoms with van der Waals surface area (Å²) in [5, 5.41) is 0. The molecule has 5 atom stereocenters. The van der Waals surface area contributed by atoms with Crippen LogP contribution in [0, 0.1) is 23.2 Å². The van der Waals surface area contributed by atoms with Gasteiger partial charge in [0.25, 0.3) is 0 Å². The highest BCUT2D eigenvalue weighted by molar-refractivity contribution is 6.05. The van der Waals surface area contributed by atoms with Crippen LogP contribution in [0.4, 0.5) is 0 Å². The summed E-state index contributed by atoms with van der Waals surface area (Å²) < 4.78 is 5.47. The van der Waals surface area contributed by atoms with Gasteiger partial charge in [-0.05, 0) is 35.8 Å². The van der Waals surface area contributed by atoms with E-state index in [2.05, 4.69) is 13.5 Å². The second-order valence-electron chi connectivity index (χ2n) is 6.15. The molecule has 0 radical (unpaired) electrons. The highest BCUT2D eigenvalue weighted by atomic mass is 16.6. The van der Waals surface area contributed by atoms with Crippen molar-refractivity contribution in [1.82, 2.24) is 0 Å². The van der Waals surface area contributed by atoms with Crippen molar-refractivity contribution >= 4 is 11.8 Å². The van der Waals surface area contributed by atoms with Crippen molar-refractivity contribution in [3.8, 4) is 0 Å². The minimum absolute atomic E-state index is 0.0133. The average molecular weight is 246 g/mol. The summed E-state index contributed by atoms with van der Waals surface area (Å²) in [4.78, 5) is 23.4. The summed E-state index contributed by atoms with van der Waals surface area (Å²) in [6.45, 7) is 8.02. The largest absolute Gasteiger partial charge is 0.462 e. The van der Waals surface area contributed by atoms with E-state index in [1.54, 1.807) is 6.08 Å². The fraction of sp³-hybridized carbons (Fsp3) is 0.600. The molecule has 18 heavy (non-hydrogen) atoms. The molecule has 1 saturated heterocycles. The maximum absolute atomic E-state index is 11.7. The Morgan fingerprint density at radius 2 is 2.17 bits per heavy atom. The molecule has 2 aliphatic carbocycles. The average Bonchev–Trinajstić information content (AvgIpc) is 2.58. The van der Waals surface area contributed by atoms with E-state index in [9.17, 15) is 9.59 Å². The standard InChI is InChI=1S/C15H18O3/c1-8-10-6-11-9(2)12(16)4-5-15(11,3)7-13(10)18-14(8)17/h4-5,8,10-11,13H,2,6-7H2,1,3H3/t8-,10+,11-,13+,15+/m0/s1. The van der Waals surface area contributed by atoms with E-state index in [-0.39, 0.29) is 41.0 Å². The predicted octanol–water partition coefficient (Wildman–Crippen LogP) is 2.28. The molecule has 0 N–H and O–H groups in total. The van der Waals surface area contributed by atoms with E-state index in [1.807, 2.05) is 13.0 Å².